The molecule has 0 aliphatic carbocycles. The lowest BCUT2D eigenvalue weighted by Crippen LogP contribution is -2.44. The molecule has 6 heteroatoms. The van der Waals surface area contributed by atoms with Gasteiger partial charge < -0.3 is 4.90 Å². The second kappa shape index (κ2) is 9.01. The number of carbonyl (C=O) groups is 1. The van der Waals surface area contributed by atoms with E-state index in [0.29, 0.717) is 23.4 Å². The third-order valence-corrected chi connectivity index (χ3v) is 6.08. The summed E-state index contributed by atoms with van der Waals surface area (Å²) in [5.74, 6) is 0.689. The fourth-order valence-corrected chi connectivity index (χ4v) is 4.38. The summed E-state index contributed by atoms with van der Waals surface area (Å²) in [6.07, 6.45) is 9.26. The minimum atomic E-state index is 0.292. The van der Waals surface area contributed by atoms with E-state index in [0.717, 1.165) is 68.8 Å². The zero-order valence-electron chi connectivity index (χ0n) is 16.2. The van der Waals surface area contributed by atoms with Crippen molar-refractivity contribution >= 4 is 17.5 Å². The van der Waals surface area contributed by atoms with Crippen molar-refractivity contribution in [3.05, 3.63) is 47.4 Å². The first-order valence-corrected chi connectivity index (χ1v) is 10.6. The second-order valence-corrected chi connectivity index (χ2v) is 8.27. The summed E-state index contributed by atoms with van der Waals surface area (Å²) in [6.45, 7) is 4.30. The Morgan fingerprint density at radius 1 is 1.07 bits per heavy atom. The number of nitrogens with zero attached hydrogens (tertiary/aromatic N) is 4. The van der Waals surface area contributed by atoms with Crippen molar-refractivity contribution in [1.82, 2.24) is 19.8 Å². The zero-order valence-corrected chi connectivity index (χ0v) is 16.9. The first kappa shape index (κ1) is 19.3. The molecule has 5 nitrogen and oxygen atoms in total. The van der Waals surface area contributed by atoms with Crippen LogP contribution in [-0.2, 0) is 4.79 Å². The summed E-state index contributed by atoms with van der Waals surface area (Å²) in [4.78, 5) is 26.1. The molecular weight excluding hydrogens is 372 g/mol. The van der Waals surface area contributed by atoms with Gasteiger partial charge in [-0.25, -0.2) is 4.98 Å². The molecule has 28 heavy (non-hydrogen) atoms. The SMILES string of the molecule is O=C(CN1CCC(c2cncc(-c3cccc(Cl)c3)n2)CC1)N1CCCCC1. The molecule has 0 unspecified atom stereocenters. The second-order valence-electron chi connectivity index (χ2n) is 7.83. The van der Waals surface area contributed by atoms with Crippen molar-refractivity contribution in [1.29, 1.82) is 0 Å². The fraction of sp³-hybridized carbons (Fsp3) is 0.500. The predicted octanol–water partition coefficient (Wildman–Crippen LogP) is 3.99. The largest absolute Gasteiger partial charge is 0.342 e. The lowest BCUT2D eigenvalue weighted by Gasteiger charge is -2.34. The molecule has 2 saturated heterocycles. The van der Waals surface area contributed by atoms with Gasteiger partial charge in [0.1, 0.15) is 0 Å². The van der Waals surface area contributed by atoms with E-state index in [1.54, 1.807) is 6.20 Å². The highest BCUT2D eigenvalue weighted by Gasteiger charge is 2.25. The molecular formula is C22H27ClN4O. The Kier molecular flexibility index (Phi) is 6.23. The maximum atomic E-state index is 12.5. The topological polar surface area (TPSA) is 49.3 Å². The molecule has 2 fully saturated rings. The molecule has 0 N–H and O–H groups in total. The van der Waals surface area contributed by atoms with E-state index >= 15 is 0 Å². The molecule has 148 valence electrons. The van der Waals surface area contributed by atoms with E-state index in [1.807, 2.05) is 35.4 Å². The molecule has 0 saturated carbocycles. The first-order chi connectivity index (χ1) is 13.7. The van der Waals surface area contributed by atoms with Gasteiger partial charge in [0.15, 0.2) is 0 Å². The van der Waals surface area contributed by atoms with E-state index in [-0.39, 0.29) is 0 Å². The Labute approximate surface area is 171 Å². The van der Waals surface area contributed by atoms with Crippen LogP contribution in [0.25, 0.3) is 11.3 Å². The van der Waals surface area contributed by atoms with Crippen LogP contribution in [0.2, 0.25) is 5.02 Å². The van der Waals surface area contributed by atoms with Crippen molar-refractivity contribution in [2.45, 2.75) is 38.0 Å². The Morgan fingerprint density at radius 2 is 1.86 bits per heavy atom. The van der Waals surface area contributed by atoms with Gasteiger partial charge >= 0.3 is 0 Å². The van der Waals surface area contributed by atoms with Crippen molar-refractivity contribution in [2.75, 3.05) is 32.7 Å². The predicted molar refractivity (Wildman–Crippen MR) is 111 cm³/mol. The molecule has 0 spiro atoms. The Morgan fingerprint density at radius 3 is 2.61 bits per heavy atom. The monoisotopic (exact) mass is 398 g/mol. The summed E-state index contributed by atoms with van der Waals surface area (Å²) in [7, 11) is 0. The lowest BCUT2D eigenvalue weighted by atomic mass is 9.93. The van der Waals surface area contributed by atoms with Gasteiger partial charge in [-0.15, -0.1) is 0 Å². The number of hydrogen-bond acceptors (Lipinski definition) is 4. The van der Waals surface area contributed by atoms with Crippen LogP contribution in [0.4, 0.5) is 0 Å². The van der Waals surface area contributed by atoms with Crippen LogP contribution in [0.15, 0.2) is 36.7 Å². The highest BCUT2D eigenvalue weighted by atomic mass is 35.5. The van der Waals surface area contributed by atoms with Crippen LogP contribution < -0.4 is 0 Å². The number of likely N-dealkylation sites (tertiary alicyclic amines) is 2. The third-order valence-electron chi connectivity index (χ3n) is 5.85. The number of piperidine rings is 2. The van der Waals surface area contributed by atoms with E-state index in [1.165, 1.54) is 6.42 Å². The van der Waals surface area contributed by atoms with Gasteiger partial charge in [0.05, 0.1) is 24.1 Å². The number of hydrogen-bond donors (Lipinski definition) is 0. The van der Waals surface area contributed by atoms with Gasteiger partial charge in [0.2, 0.25) is 5.91 Å². The molecule has 1 amide bonds. The number of aromatic nitrogens is 2. The van der Waals surface area contributed by atoms with Crippen molar-refractivity contribution < 1.29 is 4.79 Å². The molecule has 2 aliphatic heterocycles. The quantitative estimate of drug-likeness (QED) is 0.781. The highest BCUT2D eigenvalue weighted by Crippen LogP contribution is 2.28. The standard InChI is InChI=1S/C22H27ClN4O/c23-19-6-4-5-18(13-19)21-15-24-14-20(25-21)17-7-11-26(12-8-17)16-22(28)27-9-2-1-3-10-27/h4-6,13-15,17H,1-3,7-12,16H2. The van der Waals surface area contributed by atoms with Gasteiger partial charge in [-0.2, -0.15) is 0 Å². The molecule has 3 heterocycles. The fourth-order valence-electron chi connectivity index (χ4n) is 4.19. The van der Waals surface area contributed by atoms with E-state index in [4.69, 9.17) is 16.6 Å². The number of carbonyl (C=O) groups excluding carboxylic acids is 1. The van der Waals surface area contributed by atoms with Gasteiger partial charge in [-0.05, 0) is 57.3 Å². The molecule has 4 rings (SSSR count). The van der Waals surface area contributed by atoms with Gasteiger partial charge in [-0.3, -0.25) is 14.7 Å². The average molecular weight is 399 g/mol. The summed E-state index contributed by atoms with van der Waals surface area (Å²) >= 11 is 6.11. The van der Waals surface area contributed by atoms with Crippen LogP contribution in [0.3, 0.4) is 0 Å². The van der Waals surface area contributed by atoms with Gasteiger partial charge in [0, 0.05) is 35.8 Å². The molecule has 0 atom stereocenters. The highest BCUT2D eigenvalue weighted by molar-refractivity contribution is 6.30. The van der Waals surface area contributed by atoms with E-state index in [9.17, 15) is 4.79 Å². The smallest absolute Gasteiger partial charge is 0.236 e. The molecule has 1 aromatic heterocycles. The molecule has 0 bridgehead atoms. The molecule has 2 aliphatic rings. The lowest BCUT2D eigenvalue weighted by molar-refractivity contribution is -0.133. The van der Waals surface area contributed by atoms with Crippen LogP contribution >= 0.6 is 11.6 Å². The minimum absolute atomic E-state index is 0.292. The Balaban J connectivity index is 1.35. The number of halogens is 1. The van der Waals surface area contributed by atoms with Gasteiger partial charge in [0.25, 0.3) is 0 Å². The Bertz CT molecular complexity index is 814. The maximum absolute atomic E-state index is 12.5. The third kappa shape index (κ3) is 4.70. The van der Waals surface area contributed by atoms with Crippen LogP contribution in [0.5, 0.6) is 0 Å². The van der Waals surface area contributed by atoms with Crippen molar-refractivity contribution in [2.24, 2.45) is 0 Å². The van der Waals surface area contributed by atoms with Crippen LogP contribution in [-0.4, -0.2) is 58.4 Å². The number of benzene rings is 1. The average Bonchev–Trinajstić information content (AvgIpc) is 2.75. The summed E-state index contributed by atoms with van der Waals surface area (Å²) < 4.78 is 0. The maximum Gasteiger partial charge on any atom is 0.236 e. The van der Waals surface area contributed by atoms with Gasteiger partial charge in [-0.1, -0.05) is 23.7 Å². The Hall–Kier alpha value is -1.98. The first-order valence-electron chi connectivity index (χ1n) is 10.3. The molecule has 1 aromatic carbocycles. The summed E-state index contributed by atoms with van der Waals surface area (Å²) in [6, 6.07) is 7.73. The molecule has 0 radical (unpaired) electrons. The number of amides is 1. The van der Waals surface area contributed by atoms with Crippen molar-refractivity contribution in [3.63, 3.8) is 0 Å². The summed E-state index contributed by atoms with van der Waals surface area (Å²) in [5.41, 5.74) is 2.90. The zero-order chi connectivity index (χ0) is 19.3. The van der Waals surface area contributed by atoms with Crippen molar-refractivity contribution in [3.8, 4) is 11.3 Å². The van der Waals surface area contributed by atoms with Crippen LogP contribution in [0, 0.1) is 0 Å². The summed E-state index contributed by atoms with van der Waals surface area (Å²) in [5, 5.41) is 0.705. The number of rotatable bonds is 4. The minimum Gasteiger partial charge on any atom is -0.342 e. The van der Waals surface area contributed by atoms with Crippen LogP contribution in [0.1, 0.15) is 43.7 Å². The van der Waals surface area contributed by atoms with E-state index < -0.39 is 0 Å². The van der Waals surface area contributed by atoms with E-state index in [2.05, 4.69) is 9.88 Å². The molecule has 2 aromatic rings. The normalized spacial score (nSPS) is 19.0.